The van der Waals surface area contributed by atoms with Gasteiger partial charge in [0.05, 0.1) is 6.54 Å². The number of aromatic nitrogens is 1. The molecule has 1 N–H and O–H groups in total. The molecule has 0 saturated heterocycles. The molecule has 0 spiro atoms. The average Bonchev–Trinajstić information content (AvgIpc) is 2.79. The van der Waals surface area contributed by atoms with E-state index in [1.807, 2.05) is 7.05 Å². The Hall–Kier alpha value is -1.06. The summed E-state index contributed by atoms with van der Waals surface area (Å²) in [5, 5.41) is 5.26. The lowest BCUT2D eigenvalue weighted by molar-refractivity contribution is 0.789. The molecule has 0 amide bonds. The summed E-state index contributed by atoms with van der Waals surface area (Å²) in [4.78, 5) is 1.40. The van der Waals surface area contributed by atoms with E-state index in [9.17, 15) is 0 Å². The normalized spacial score (nSPS) is 10.6. The van der Waals surface area contributed by atoms with Crippen LogP contribution in [0.15, 0.2) is 36.0 Å². The largest absolute Gasteiger partial charge is 0.349 e. The van der Waals surface area contributed by atoms with Crippen molar-refractivity contribution in [2.45, 2.75) is 13.1 Å². The van der Waals surface area contributed by atoms with Gasteiger partial charge in [-0.05, 0) is 30.1 Å². The minimum absolute atomic E-state index is 0.942. The Morgan fingerprint density at radius 2 is 2.36 bits per heavy atom. The van der Waals surface area contributed by atoms with Gasteiger partial charge in [-0.15, -0.1) is 11.3 Å². The van der Waals surface area contributed by atoms with Crippen molar-refractivity contribution in [1.82, 2.24) is 9.88 Å². The van der Waals surface area contributed by atoms with Crippen LogP contribution in [0.25, 0.3) is 0 Å². The predicted molar refractivity (Wildman–Crippen MR) is 60.6 cm³/mol. The van der Waals surface area contributed by atoms with Crippen LogP contribution in [0.2, 0.25) is 0 Å². The Kier molecular flexibility index (Phi) is 3.01. The third kappa shape index (κ3) is 2.25. The van der Waals surface area contributed by atoms with E-state index in [0.717, 1.165) is 13.1 Å². The van der Waals surface area contributed by atoms with E-state index >= 15 is 0 Å². The van der Waals surface area contributed by atoms with Crippen molar-refractivity contribution in [1.29, 1.82) is 0 Å². The van der Waals surface area contributed by atoms with Crippen LogP contribution < -0.4 is 5.32 Å². The third-order valence-corrected chi connectivity index (χ3v) is 2.97. The molecular weight excluding hydrogens is 192 g/mol. The van der Waals surface area contributed by atoms with Crippen molar-refractivity contribution in [3.8, 4) is 0 Å². The maximum absolute atomic E-state index is 3.15. The average molecular weight is 206 g/mol. The van der Waals surface area contributed by atoms with Crippen LogP contribution in [0.5, 0.6) is 0 Å². The van der Waals surface area contributed by atoms with Crippen LogP contribution in [0.1, 0.15) is 10.4 Å². The first kappa shape index (κ1) is 9.49. The van der Waals surface area contributed by atoms with E-state index in [0.29, 0.717) is 0 Å². The highest BCUT2D eigenvalue weighted by atomic mass is 32.1. The van der Waals surface area contributed by atoms with Crippen LogP contribution >= 0.6 is 11.3 Å². The molecule has 2 nitrogen and oxygen atoms in total. The molecule has 3 heteroatoms. The number of rotatable bonds is 4. The van der Waals surface area contributed by atoms with Crippen LogP contribution in [-0.2, 0) is 13.1 Å². The fourth-order valence-corrected chi connectivity index (χ4v) is 2.19. The summed E-state index contributed by atoms with van der Waals surface area (Å²) in [6.07, 6.45) is 4.32. The van der Waals surface area contributed by atoms with Gasteiger partial charge in [-0.2, -0.15) is 0 Å². The van der Waals surface area contributed by atoms with Crippen molar-refractivity contribution < 1.29 is 0 Å². The van der Waals surface area contributed by atoms with E-state index in [4.69, 9.17) is 0 Å². The SMILES string of the molecule is CNCc1ccn(Cc2cccs2)c1. The van der Waals surface area contributed by atoms with Gasteiger partial charge in [0.25, 0.3) is 0 Å². The van der Waals surface area contributed by atoms with Gasteiger partial charge in [0.1, 0.15) is 0 Å². The lowest BCUT2D eigenvalue weighted by Gasteiger charge is -1.99. The number of hydrogen-bond donors (Lipinski definition) is 1. The first-order valence-electron chi connectivity index (χ1n) is 4.70. The van der Waals surface area contributed by atoms with Gasteiger partial charge in [0.2, 0.25) is 0 Å². The zero-order valence-electron chi connectivity index (χ0n) is 8.23. The number of nitrogens with zero attached hydrogens (tertiary/aromatic N) is 1. The zero-order chi connectivity index (χ0) is 9.80. The van der Waals surface area contributed by atoms with E-state index < -0.39 is 0 Å². The molecule has 0 aliphatic carbocycles. The lowest BCUT2D eigenvalue weighted by atomic mass is 10.3. The first-order chi connectivity index (χ1) is 6.88. The molecule has 14 heavy (non-hydrogen) atoms. The Morgan fingerprint density at radius 1 is 1.43 bits per heavy atom. The van der Waals surface area contributed by atoms with Crippen molar-refractivity contribution in [2.75, 3.05) is 7.05 Å². The third-order valence-electron chi connectivity index (χ3n) is 2.11. The molecule has 2 rings (SSSR count). The fourth-order valence-electron chi connectivity index (χ4n) is 1.48. The van der Waals surface area contributed by atoms with Crippen molar-refractivity contribution in [3.05, 3.63) is 46.4 Å². The van der Waals surface area contributed by atoms with Gasteiger partial charge in [0.15, 0.2) is 0 Å². The molecule has 2 aromatic rings. The van der Waals surface area contributed by atoms with Gasteiger partial charge < -0.3 is 9.88 Å². The Balaban J connectivity index is 2.03. The molecule has 0 radical (unpaired) electrons. The van der Waals surface area contributed by atoms with Gasteiger partial charge in [-0.25, -0.2) is 0 Å². The molecule has 0 bridgehead atoms. The molecule has 2 aromatic heterocycles. The van der Waals surface area contributed by atoms with E-state index in [1.54, 1.807) is 11.3 Å². The zero-order valence-corrected chi connectivity index (χ0v) is 9.05. The van der Waals surface area contributed by atoms with Gasteiger partial charge in [-0.3, -0.25) is 0 Å². The van der Waals surface area contributed by atoms with Crippen molar-refractivity contribution in [2.24, 2.45) is 0 Å². The molecule has 0 atom stereocenters. The highest BCUT2D eigenvalue weighted by Gasteiger charge is 1.97. The van der Waals surface area contributed by atoms with Gasteiger partial charge in [0, 0.05) is 23.8 Å². The predicted octanol–water partition coefficient (Wildman–Crippen LogP) is 2.32. The second kappa shape index (κ2) is 4.44. The van der Waals surface area contributed by atoms with Crippen LogP contribution in [0.4, 0.5) is 0 Å². The molecular formula is C11H14N2S. The molecule has 2 heterocycles. The number of hydrogen-bond acceptors (Lipinski definition) is 2. The fraction of sp³-hybridized carbons (Fsp3) is 0.273. The summed E-state index contributed by atoms with van der Waals surface area (Å²) in [6.45, 7) is 1.93. The quantitative estimate of drug-likeness (QED) is 0.812. The molecule has 0 saturated carbocycles. The van der Waals surface area contributed by atoms with Crippen LogP contribution in [0, 0.1) is 0 Å². The standard InChI is InChI=1S/C11H14N2S/c1-12-7-10-4-5-13(8-10)9-11-3-2-6-14-11/h2-6,8,12H,7,9H2,1H3. The summed E-state index contributed by atoms with van der Waals surface area (Å²) in [6, 6.07) is 6.42. The highest BCUT2D eigenvalue weighted by molar-refractivity contribution is 7.09. The lowest BCUT2D eigenvalue weighted by Crippen LogP contribution is -2.04. The van der Waals surface area contributed by atoms with Gasteiger partial charge in [-0.1, -0.05) is 6.07 Å². The van der Waals surface area contributed by atoms with Crippen molar-refractivity contribution >= 4 is 11.3 Å². The second-order valence-electron chi connectivity index (χ2n) is 3.30. The molecule has 0 aromatic carbocycles. The topological polar surface area (TPSA) is 17.0 Å². The second-order valence-corrected chi connectivity index (χ2v) is 4.33. The molecule has 0 aliphatic heterocycles. The Bertz CT molecular complexity index is 376. The van der Waals surface area contributed by atoms with E-state index in [-0.39, 0.29) is 0 Å². The molecule has 74 valence electrons. The molecule has 0 fully saturated rings. The van der Waals surface area contributed by atoms with E-state index in [2.05, 4.69) is 45.9 Å². The maximum atomic E-state index is 3.15. The summed E-state index contributed by atoms with van der Waals surface area (Å²) < 4.78 is 2.22. The Morgan fingerprint density at radius 3 is 3.07 bits per heavy atom. The van der Waals surface area contributed by atoms with Gasteiger partial charge >= 0.3 is 0 Å². The summed E-state index contributed by atoms with van der Waals surface area (Å²) >= 11 is 1.80. The summed E-state index contributed by atoms with van der Waals surface area (Å²) in [5.74, 6) is 0. The highest BCUT2D eigenvalue weighted by Crippen LogP contribution is 2.11. The Labute approximate surface area is 88.2 Å². The smallest absolute Gasteiger partial charge is 0.0563 e. The maximum Gasteiger partial charge on any atom is 0.0563 e. The van der Waals surface area contributed by atoms with Crippen molar-refractivity contribution in [3.63, 3.8) is 0 Å². The summed E-state index contributed by atoms with van der Waals surface area (Å²) in [7, 11) is 1.97. The molecule has 0 aliphatic rings. The minimum Gasteiger partial charge on any atom is -0.349 e. The summed E-state index contributed by atoms with van der Waals surface area (Å²) in [5.41, 5.74) is 1.34. The van der Waals surface area contributed by atoms with Crippen LogP contribution in [0.3, 0.4) is 0 Å². The first-order valence-corrected chi connectivity index (χ1v) is 5.58. The van der Waals surface area contributed by atoms with Crippen LogP contribution in [-0.4, -0.2) is 11.6 Å². The van der Waals surface area contributed by atoms with E-state index in [1.165, 1.54) is 10.4 Å². The minimum atomic E-state index is 0.942. The number of nitrogens with one attached hydrogen (secondary N) is 1. The molecule has 0 unspecified atom stereocenters. The number of thiophene rings is 1. The monoisotopic (exact) mass is 206 g/mol.